The molecular formula is C14H17ClN4O. The number of benzene rings is 1. The van der Waals surface area contributed by atoms with Crippen LogP contribution in [0.15, 0.2) is 23.0 Å². The predicted octanol–water partition coefficient (Wildman–Crippen LogP) is 2.07. The number of fused-ring (bicyclic) bond motifs is 1. The first kappa shape index (κ1) is 14.6. The van der Waals surface area contributed by atoms with E-state index in [-0.39, 0.29) is 30.2 Å². The third kappa shape index (κ3) is 2.45. The van der Waals surface area contributed by atoms with E-state index in [1.165, 1.54) is 0 Å². The van der Waals surface area contributed by atoms with Crippen molar-refractivity contribution < 1.29 is 0 Å². The van der Waals surface area contributed by atoms with Gasteiger partial charge in [-0.05, 0) is 43.9 Å². The van der Waals surface area contributed by atoms with Gasteiger partial charge in [-0.2, -0.15) is 5.26 Å². The summed E-state index contributed by atoms with van der Waals surface area (Å²) in [5.41, 5.74) is 7.99. The lowest BCUT2D eigenvalue weighted by Gasteiger charge is -2.26. The molecule has 0 saturated heterocycles. The second-order valence-corrected chi connectivity index (χ2v) is 5.21. The number of imidazole rings is 1. The van der Waals surface area contributed by atoms with Crippen LogP contribution in [-0.4, -0.2) is 15.6 Å². The van der Waals surface area contributed by atoms with E-state index in [9.17, 15) is 4.79 Å². The molecule has 0 spiro atoms. The van der Waals surface area contributed by atoms with Crippen molar-refractivity contribution in [3.05, 3.63) is 34.2 Å². The lowest BCUT2D eigenvalue weighted by molar-refractivity contribution is 0.324. The Hall–Kier alpha value is -1.77. The number of rotatable bonds is 1. The van der Waals surface area contributed by atoms with Crippen molar-refractivity contribution >= 4 is 23.4 Å². The SMILES string of the molecule is Cl.N#Cc1ccc2c(c1)[nH]c(=O)n2[C@H]1CC[C@H](N)CC1. The monoisotopic (exact) mass is 292 g/mol. The van der Waals surface area contributed by atoms with Crippen molar-refractivity contribution in [2.75, 3.05) is 0 Å². The smallest absolute Gasteiger partial charge is 0.326 e. The molecule has 0 unspecified atom stereocenters. The molecule has 2 aromatic rings. The molecule has 0 radical (unpaired) electrons. The van der Waals surface area contributed by atoms with Crippen LogP contribution in [0.4, 0.5) is 0 Å². The highest BCUT2D eigenvalue weighted by Gasteiger charge is 2.23. The number of H-pyrrole nitrogens is 1. The Labute approximate surface area is 122 Å². The maximum atomic E-state index is 12.1. The van der Waals surface area contributed by atoms with Gasteiger partial charge in [-0.25, -0.2) is 4.79 Å². The van der Waals surface area contributed by atoms with Gasteiger partial charge in [0.05, 0.1) is 22.7 Å². The number of hydrogen-bond donors (Lipinski definition) is 2. The van der Waals surface area contributed by atoms with Crippen LogP contribution in [0.1, 0.15) is 37.3 Å². The van der Waals surface area contributed by atoms with E-state index in [0.29, 0.717) is 5.56 Å². The molecule has 20 heavy (non-hydrogen) atoms. The second-order valence-electron chi connectivity index (χ2n) is 5.21. The Morgan fingerprint density at radius 1 is 1.30 bits per heavy atom. The standard InChI is InChI=1S/C14H16N4O.ClH/c15-8-9-1-6-13-12(7-9)17-14(19)18(13)11-4-2-10(16)3-5-11;/h1,6-7,10-11H,2-5,16H2,(H,17,19);1H/t10-,11-;. The van der Waals surface area contributed by atoms with Crippen molar-refractivity contribution in [1.29, 1.82) is 5.26 Å². The molecule has 1 fully saturated rings. The normalized spacial score (nSPS) is 22.2. The molecule has 1 aromatic carbocycles. The summed E-state index contributed by atoms with van der Waals surface area (Å²) in [5.74, 6) is 0. The van der Waals surface area contributed by atoms with E-state index >= 15 is 0 Å². The third-order valence-corrected chi connectivity index (χ3v) is 3.95. The van der Waals surface area contributed by atoms with Crippen molar-refractivity contribution in [3.8, 4) is 6.07 Å². The van der Waals surface area contributed by atoms with E-state index in [1.807, 2.05) is 10.6 Å². The van der Waals surface area contributed by atoms with Gasteiger partial charge in [-0.15, -0.1) is 12.4 Å². The van der Waals surface area contributed by atoms with E-state index < -0.39 is 0 Å². The highest BCUT2D eigenvalue weighted by molar-refractivity contribution is 5.85. The molecular weight excluding hydrogens is 276 g/mol. The van der Waals surface area contributed by atoms with Crippen LogP contribution in [0, 0.1) is 11.3 Å². The van der Waals surface area contributed by atoms with Crippen LogP contribution in [0.2, 0.25) is 0 Å². The first-order valence-corrected chi connectivity index (χ1v) is 6.59. The summed E-state index contributed by atoms with van der Waals surface area (Å²) in [5, 5.41) is 8.89. The van der Waals surface area contributed by atoms with Gasteiger partial charge in [0.15, 0.2) is 0 Å². The molecule has 3 N–H and O–H groups in total. The zero-order chi connectivity index (χ0) is 13.4. The Balaban J connectivity index is 0.00000147. The molecule has 0 amide bonds. The Kier molecular flexibility index (Phi) is 4.17. The van der Waals surface area contributed by atoms with Gasteiger partial charge in [0, 0.05) is 12.1 Å². The van der Waals surface area contributed by atoms with Crippen LogP contribution in [0.25, 0.3) is 11.0 Å². The summed E-state index contributed by atoms with van der Waals surface area (Å²) in [6, 6.07) is 7.89. The zero-order valence-electron chi connectivity index (χ0n) is 11.0. The number of aromatic nitrogens is 2. The third-order valence-electron chi connectivity index (χ3n) is 3.95. The molecule has 1 aromatic heterocycles. The average Bonchev–Trinajstić information content (AvgIpc) is 2.74. The fourth-order valence-electron chi connectivity index (χ4n) is 2.92. The van der Waals surface area contributed by atoms with Crippen LogP contribution < -0.4 is 11.4 Å². The summed E-state index contributed by atoms with van der Waals surface area (Å²) in [7, 11) is 0. The van der Waals surface area contributed by atoms with E-state index in [0.717, 1.165) is 36.7 Å². The Morgan fingerprint density at radius 2 is 2.00 bits per heavy atom. The number of nitrogens with zero attached hydrogens (tertiary/aromatic N) is 2. The molecule has 0 aliphatic heterocycles. The molecule has 1 aliphatic carbocycles. The Morgan fingerprint density at radius 3 is 2.65 bits per heavy atom. The van der Waals surface area contributed by atoms with Gasteiger partial charge in [-0.3, -0.25) is 4.57 Å². The number of aromatic amines is 1. The fourth-order valence-corrected chi connectivity index (χ4v) is 2.92. The summed E-state index contributed by atoms with van der Waals surface area (Å²) < 4.78 is 1.82. The summed E-state index contributed by atoms with van der Waals surface area (Å²) >= 11 is 0. The number of nitrogens with two attached hydrogens (primary N) is 1. The molecule has 0 bridgehead atoms. The van der Waals surface area contributed by atoms with Crippen molar-refractivity contribution in [2.45, 2.75) is 37.8 Å². The van der Waals surface area contributed by atoms with Crippen molar-refractivity contribution in [2.24, 2.45) is 5.73 Å². The maximum Gasteiger partial charge on any atom is 0.326 e. The van der Waals surface area contributed by atoms with Gasteiger partial charge in [0.25, 0.3) is 0 Å². The van der Waals surface area contributed by atoms with Crippen LogP contribution >= 0.6 is 12.4 Å². The molecule has 1 saturated carbocycles. The fraction of sp³-hybridized carbons (Fsp3) is 0.429. The highest BCUT2D eigenvalue weighted by Crippen LogP contribution is 2.29. The number of hydrogen-bond acceptors (Lipinski definition) is 3. The van der Waals surface area contributed by atoms with Gasteiger partial charge in [0.2, 0.25) is 0 Å². The van der Waals surface area contributed by atoms with Gasteiger partial charge in [0.1, 0.15) is 0 Å². The van der Waals surface area contributed by atoms with Crippen LogP contribution in [0.3, 0.4) is 0 Å². The largest absolute Gasteiger partial charge is 0.328 e. The quantitative estimate of drug-likeness (QED) is 0.843. The highest BCUT2D eigenvalue weighted by atomic mass is 35.5. The minimum atomic E-state index is -0.0921. The number of halogens is 1. The van der Waals surface area contributed by atoms with E-state index in [2.05, 4.69) is 11.1 Å². The first-order valence-electron chi connectivity index (χ1n) is 6.59. The lowest BCUT2D eigenvalue weighted by Crippen LogP contribution is -2.31. The summed E-state index contributed by atoms with van der Waals surface area (Å²) in [6.45, 7) is 0. The van der Waals surface area contributed by atoms with E-state index in [1.54, 1.807) is 12.1 Å². The van der Waals surface area contributed by atoms with Gasteiger partial charge < -0.3 is 10.7 Å². The van der Waals surface area contributed by atoms with Crippen LogP contribution in [0.5, 0.6) is 0 Å². The molecule has 1 heterocycles. The topological polar surface area (TPSA) is 87.6 Å². The van der Waals surface area contributed by atoms with Crippen molar-refractivity contribution in [3.63, 3.8) is 0 Å². The summed E-state index contributed by atoms with van der Waals surface area (Å²) in [6.07, 6.45) is 3.79. The summed E-state index contributed by atoms with van der Waals surface area (Å²) in [4.78, 5) is 14.9. The molecule has 5 nitrogen and oxygen atoms in total. The number of nitrogens with one attached hydrogen (secondary N) is 1. The molecule has 6 heteroatoms. The van der Waals surface area contributed by atoms with Crippen molar-refractivity contribution in [1.82, 2.24) is 9.55 Å². The minimum absolute atomic E-state index is 0. The molecule has 3 rings (SSSR count). The zero-order valence-corrected chi connectivity index (χ0v) is 11.8. The van der Waals surface area contributed by atoms with Crippen LogP contribution in [-0.2, 0) is 0 Å². The first-order chi connectivity index (χ1) is 9.19. The average molecular weight is 293 g/mol. The molecule has 106 valence electrons. The number of nitriles is 1. The second kappa shape index (κ2) is 5.70. The van der Waals surface area contributed by atoms with Gasteiger partial charge >= 0.3 is 5.69 Å². The van der Waals surface area contributed by atoms with E-state index in [4.69, 9.17) is 11.0 Å². The lowest BCUT2D eigenvalue weighted by atomic mass is 9.91. The minimum Gasteiger partial charge on any atom is -0.328 e. The van der Waals surface area contributed by atoms with Gasteiger partial charge in [-0.1, -0.05) is 0 Å². The predicted molar refractivity (Wildman–Crippen MR) is 80.0 cm³/mol. The molecule has 1 aliphatic rings. The Bertz CT molecular complexity index is 704. The maximum absolute atomic E-state index is 12.1. The molecule has 0 atom stereocenters.